The van der Waals surface area contributed by atoms with E-state index >= 15 is 0 Å². The summed E-state index contributed by atoms with van der Waals surface area (Å²) in [6.07, 6.45) is 0.357. The zero-order valence-corrected chi connectivity index (χ0v) is 10.7. The van der Waals surface area contributed by atoms with Crippen LogP contribution in [0, 0.1) is 11.3 Å². The summed E-state index contributed by atoms with van der Waals surface area (Å²) in [4.78, 5) is 13.3. The van der Waals surface area contributed by atoms with Crippen molar-refractivity contribution in [3.8, 4) is 6.07 Å². The van der Waals surface area contributed by atoms with E-state index in [0.717, 1.165) is 12.0 Å². The number of hydrogen-bond acceptors (Lipinski definition) is 4. The average molecular weight is 260 g/mol. The molecule has 100 valence electrons. The monoisotopic (exact) mass is 260 g/mol. The number of rotatable bonds is 1. The topological polar surface area (TPSA) is 73.6 Å². The van der Waals surface area contributed by atoms with Crippen LogP contribution >= 0.6 is 0 Å². The first-order chi connectivity index (χ1) is 9.17. The van der Waals surface area contributed by atoms with Gasteiger partial charge in [0, 0.05) is 6.54 Å². The van der Waals surface area contributed by atoms with Gasteiger partial charge in [-0.2, -0.15) is 5.26 Å². The molecule has 5 nitrogen and oxygen atoms in total. The van der Waals surface area contributed by atoms with Crippen molar-refractivity contribution in [2.75, 3.05) is 13.7 Å². The first-order valence-corrected chi connectivity index (χ1v) is 6.20. The molecule has 2 rings (SSSR count). The molecular weight excluding hydrogens is 244 g/mol. The summed E-state index contributed by atoms with van der Waals surface area (Å²) in [7, 11) is 1.33. The van der Waals surface area contributed by atoms with E-state index in [1.54, 1.807) is 24.3 Å². The number of aliphatic hydroxyl groups excluding tert-OH is 1. The number of amides is 1. The minimum atomic E-state index is -0.610. The Morgan fingerprint density at radius 3 is 2.74 bits per heavy atom. The summed E-state index contributed by atoms with van der Waals surface area (Å²) in [6, 6.07) is 8.55. The van der Waals surface area contributed by atoms with Crippen molar-refractivity contribution in [3.63, 3.8) is 0 Å². The normalized spacial score (nSPS) is 22.7. The van der Waals surface area contributed by atoms with Gasteiger partial charge in [-0.25, -0.2) is 4.79 Å². The average Bonchev–Trinajstić information content (AvgIpc) is 2.46. The van der Waals surface area contributed by atoms with Crippen LogP contribution in [0.15, 0.2) is 24.3 Å². The number of methoxy groups -OCH3 is 1. The number of carbonyl (C=O) groups is 1. The SMILES string of the molecule is COC(=O)N1CCC[C@H](O)[C@@H]1c1ccc(C#N)cc1. The quantitative estimate of drug-likeness (QED) is 0.836. The maximum Gasteiger partial charge on any atom is 0.410 e. The van der Waals surface area contributed by atoms with E-state index in [1.807, 2.05) is 6.07 Å². The summed E-state index contributed by atoms with van der Waals surface area (Å²) in [6.45, 7) is 0.564. The van der Waals surface area contributed by atoms with Gasteiger partial charge in [0.15, 0.2) is 0 Å². The van der Waals surface area contributed by atoms with E-state index in [9.17, 15) is 9.90 Å². The Bertz CT molecular complexity index is 492. The third kappa shape index (κ3) is 2.69. The van der Waals surface area contributed by atoms with Gasteiger partial charge in [-0.3, -0.25) is 4.90 Å². The number of carbonyl (C=O) groups excluding carboxylic acids is 1. The largest absolute Gasteiger partial charge is 0.453 e. The van der Waals surface area contributed by atoms with E-state index in [0.29, 0.717) is 18.5 Å². The molecular formula is C14H16N2O3. The molecule has 1 aliphatic rings. The van der Waals surface area contributed by atoms with Crippen molar-refractivity contribution in [3.05, 3.63) is 35.4 Å². The molecule has 0 aliphatic carbocycles. The van der Waals surface area contributed by atoms with Crippen LogP contribution in [0.3, 0.4) is 0 Å². The molecule has 2 atom stereocenters. The minimum absolute atomic E-state index is 0.408. The molecule has 1 heterocycles. The first kappa shape index (κ1) is 13.4. The summed E-state index contributed by atoms with van der Waals surface area (Å²) >= 11 is 0. The molecule has 1 saturated heterocycles. The molecule has 0 saturated carbocycles. The van der Waals surface area contributed by atoms with E-state index in [2.05, 4.69) is 0 Å². The van der Waals surface area contributed by atoms with Gasteiger partial charge in [0.2, 0.25) is 0 Å². The van der Waals surface area contributed by atoms with Crippen LogP contribution in [-0.2, 0) is 4.74 Å². The van der Waals surface area contributed by atoms with E-state index < -0.39 is 18.2 Å². The molecule has 1 fully saturated rings. The second kappa shape index (κ2) is 5.72. The maximum atomic E-state index is 11.8. The van der Waals surface area contributed by atoms with Gasteiger partial charge < -0.3 is 9.84 Å². The van der Waals surface area contributed by atoms with Crippen LogP contribution in [0.4, 0.5) is 4.79 Å². The van der Waals surface area contributed by atoms with Crippen LogP contribution in [0.25, 0.3) is 0 Å². The standard InChI is InChI=1S/C14H16N2O3/c1-19-14(18)16-8-2-3-12(17)13(16)11-6-4-10(9-15)5-7-11/h4-7,12-13,17H,2-3,8H2,1H3/t12-,13-/m0/s1. The minimum Gasteiger partial charge on any atom is -0.453 e. The van der Waals surface area contributed by atoms with Crippen molar-refractivity contribution in [1.29, 1.82) is 5.26 Å². The molecule has 1 aliphatic heterocycles. The number of piperidine rings is 1. The van der Waals surface area contributed by atoms with Crippen LogP contribution in [-0.4, -0.2) is 35.9 Å². The Kier molecular flexibility index (Phi) is 4.03. The highest BCUT2D eigenvalue weighted by Gasteiger charge is 2.34. The number of benzene rings is 1. The second-order valence-corrected chi connectivity index (χ2v) is 4.55. The van der Waals surface area contributed by atoms with Crippen molar-refractivity contribution in [1.82, 2.24) is 4.90 Å². The zero-order chi connectivity index (χ0) is 13.8. The van der Waals surface area contributed by atoms with Gasteiger partial charge in [0.1, 0.15) is 0 Å². The Morgan fingerprint density at radius 1 is 1.47 bits per heavy atom. The van der Waals surface area contributed by atoms with Crippen molar-refractivity contribution in [2.45, 2.75) is 25.0 Å². The van der Waals surface area contributed by atoms with Crippen LogP contribution in [0.2, 0.25) is 0 Å². The van der Waals surface area contributed by atoms with Gasteiger partial charge >= 0.3 is 6.09 Å². The third-order valence-corrected chi connectivity index (χ3v) is 3.39. The van der Waals surface area contributed by atoms with Crippen LogP contribution in [0.1, 0.15) is 30.0 Å². The highest BCUT2D eigenvalue weighted by Crippen LogP contribution is 2.31. The Balaban J connectivity index is 2.30. The summed E-state index contributed by atoms with van der Waals surface area (Å²) in [5, 5.41) is 18.9. The highest BCUT2D eigenvalue weighted by molar-refractivity contribution is 5.68. The van der Waals surface area contributed by atoms with E-state index in [4.69, 9.17) is 10.00 Å². The molecule has 1 N–H and O–H groups in total. The zero-order valence-electron chi connectivity index (χ0n) is 10.7. The molecule has 5 heteroatoms. The highest BCUT2D eigenvalue weighted by atomic mass is 16.5. The Morgan fingerprint density at radius 2 is 2.16 bits per heavy atom. The lowest BCUT2D eigenvalue weighted by molar-refractivity contribution is 0.00992. The van der Waals surface area contributed by atoms with Gasteiger partial charge in [-0.15, -0.1) is 0 Å². The van der Waals surface area contributed by atoms with Gasteiger partial charge in [0.25, 0.3) is 0 Å². The number of nitriles is 1. The smallest absolute Gasteiger partial charge is 0.410 e. The molecule has 1 aromatic rings. The number of aliphatic hydroxyl groups is 1. The molecule has 0 bridgehead atoms. The summed E-state index contributed by atoms with van der Waals surface area (Å²) in [5.41, 5.74) is 1.37. The van der Waals surface area contributed by atoms with E-state index in [-0.39, 0.29) is 0 Å². The van der Waals surface area contributed by atoms with Crippen molar-refractivity contribution < 1.29 is 14.6 Å². The number of likely N-dealkylation sites (tertiary alicyclic amines) is 1. The van der Waals surface area contributed by atoms with E-state index in [1.165, 1.54) is 12.0 Å². The predicted molar refractivity (Wildman–Crippen MR) is 68.2 cm³/mol. The molecule has 0 spiro atoms. The summed E-state index contributed by atoms with van der Waals surface area (Å²) < 4.78 is 4.76. The Hall–Kier alpha value is -2.06. The maximum absolute atomic E-state index is 11.8. The summed E-state index contributed by atoms with van der Waals surface area (Å²) in [5.74, 6) is 0. The third-order valence-electron chi connectivity index (χ3n) is 3.39. The van der Waals surface area contributed by atoms with Crippen LogP contribution < -0.4 is 0 Å². The van der Waals surface area contributed by atoms with Crippen molar-refractivity contribution in [2.24, 2.45) is 0 Å². The molecule has 1 aromatic carbocycles. The van der Waals surface area contributed by atoms with Gasteiger partial charge in [-0.05, 0) is 30.5 Å². The number of ether oxygens (including phenoxy) is 1. The lowest BCUT2D eigenvalue weighted by Gasteiger charge is -2.38. The fourth-order valence-electron chi connectivity index (χ4n) is 2.45. The molecule has 0 unspecified atom stereocenters. The number of nitrogens with zero attached hydrogens (tertiary/aromatic N) is 2. The molecule has 1 amide bonds. The van der Waals surface area contributed by atoms with Gasteiger partial charge in [-0.1, -0.05) is 12.1 Å². The van der Waals surface area contributed by atoms with Crippen molar-refractivity contribution >= 4 is 6.09 Å². The number of hydrogen-bond donors (Lipinski definition) is 1. The van der Waals surface area contributed by atoms with Crippen LogP contribution in [0.5, 0.6) is 0 Å². The molecule has 19 heavy (non-hydrogen) atoms. The second-order valence-electron chi connectivity index (χ2n) is 4.55. The fourth-order valence-corrected chi connectivity index (χ4v) is 2.45. The Labute approximate surface area is 112 Å². The molecule has 0 radical (unpaired) electrons. The fraction of sp³-hybridized carbons (Fsp3) is 0.429. The predicted octanol–water partition coefficient (Wildman–Crippen LogP) is 1.82. The first-order valence-electron chi connectivity index (χ1n) is 6.20. The molecule has 0 aromatic heterocycles. The lowest BCUT2D eigenvalue weighted by Crippen LogP contribution is -2.45. The lowest BCUT2D eigenvalue weighted by atomic mass is 9.92. The van der Waals surface area contributed by atoms with Gasteiger partial charge in [0.05, 0.1) is 30.9 Å².